The first-order valence-electron chi connectivity index (χ1n) is 15.4. The Morgan fingerprint density at radius 3 is 1.70 bits per heavy atom. The van der Waals surface area contributed by atoms with E-state index in [1.165, 1.54) is 0 Å². The van der Waals surface area contributed by atoms with Crippen molar-refractivity contribution in [3.8, 4) is 22.8 Å². The van der Waals surface area contributed by atoms with Crippen LogP contribution in [0.4, 0.5) is 9.18 Å². The van der Waals surface area contributed by atoms with E-state index < -0.39 is 16.9 Å². The van der Waals surface area contributed by atoms with Crippen LogP contribution in [0, 0.1) is 0 Å². The van der Waals surface area contributed by atoms with E-state index in [-0.39, 0.29) is 18.5 Å². The molecule has 0 aliphatic carbocycles. The third-order valence-electron chi connectivity index (χ3n) is 8.18. The van der Waals surface area contributed by atoms with Crippen molar-refractivity contribution in [3.05, 3.63) is 72.3 Å². The molecule has 46 heavy (non-hydrogen) atoms. The number of nitrogens with zero attached hydrogens (tertiary/aromatic N) is 7. The lowest BCUT2D eigenvalue weighted by Crippen LogP contribution is -2.46. The Bertz CT molecular complexity index is 1570. The Hall–Kier alpha value is -3.87. The molecule has 0 radical (unpaired) electrons. The molecule has 0 unspecified atom stereocenters. The molecule has 4 heterocycles. The predicted molar refractivity (Wildman–Crippen MR) is 176 cm³/mol. The minimum atomic E-state index is -1.19. The van der Waals surface area contributed by atoms with Gasteiger partial charge in [0.2, 0.25) is 0 Å². The minimum absolute atomic E-state index is 0. The van der Waals surface area contributed by atoms with E-state index in [9.17, 15) is 14.3 Å². The molecule has 2 saturated heterocycles. The van der Waals surface area contributed by atoms with Gasteiger partial charge in [-0.2, -0.15) is 10.2 Å². The van der Waals surface area contributed by atoms with Gasteiger partial charge in [0.1, 0.15) is 23.9 Å². The summed E-state index contributed by atoms with van der Waals surface area (Å²) in [5.41, 5.74) is 0.788. The van der Waals surface area contributed by atoms with Gasteiger partial charge in [-0.05, 0) is 70.7 Å². The molecule has 0 spiro atoms. The van der Waals surface area contributed by atoms with Gasteiger partial charge in [0.15, 0.2) is 11.6 Å². The van der Waals surface area contributed by atoms with E-state index in [1.807, 2.05) is 83.4 Å². The molecular formula is C33H44ClFN8O3. The number of amides is 1. The Kier molecular flexibility index (Phi) is 10.9. The molecule has 1 amide bonds. The summed E-state index contributed by atoms with van der Waals surface area (Å²) in [6, 6.07) is 15.2. The van der Waals surface area contributed by atoms with Crippen molar-refractivity contribution in [1.29, 1.82) is 0 Å². The van der Waals surface area contributed by atoms with Crippen LogP contribution in [0.5, 0.6) is 0 Å². The van der Waals surface area contributed by atoms with Crippen LogP contribution in [0.2, 0.25) is 0 Å². The average Bonchev–Trinajstić information content (AvgIpc) is 3.66. The van der Waals surface area contributed by atoms with Crippen molar-refractivity contribution in [2.45, 2.75) is 63.3 Å². The van der Waals surface area contributed by atoms with Crippen LogP contribution in [0.3, 0.4) is 0 Å². The molecule has 0 atom stereocenters. The third-order valence-corrected chi connectivity index (χ3v) is 8.18. The van der Waals surface area contributed by atoms with Crippen LogP contribution in [-0.2, 0) is 30.1 Å². The lowest BCUT2D eigenvalue weighted by Gasteiger charge is -2.39. The zero-order valence-electron chi connectivity index (χ0n) is 27.1. The quantitative estimate of drug-likeness (QED) is 0.310. The first-order valence-corrected chi connectivity index (χ1v) is 15.4. The van der Waals surface area contributed by atoms with Crippen molar-refractivity contribution in [2.24, 2.45) is 14.1 Å². The van der Waals surface area contributed by atoms with Crippen LogP contribution >= 0.6 is 12.4 Å². The molecule has 2 N–H and O–H groups in total. The number of carbonyl (C=O) groups is 1. The molecule has 2 fully saturated rings. The maximum absolute atomic E-state index is 14.8. The highest BCUT2D eigenvalue weighted by Gasteiger charge is 2.37. The number of halogens is 2. The number of ether oxygens (including phenoxy) is 1. The molecular weight excluding hydrogens is 611 g/mol. The summed E-state index contributed by atoms with van der Waals surface area (Å²) in [4.78, 5) is 22.3. The van der Waals surface area contributed by atoms with E-state index >= 15 is 0 Å². The van der Waals surface area contributed by atoms with E-state index in [1.54, 1.807) is 26.9 Å². The second kappa shape index (κ2) is 14.3. The average molecular weight is 655 g/mol. The number of aryl methyl sites for hydroxylation is 2. The second-order valence-electron chi connectivity index (χ2n) is 12.9. The standard InChI is InChI=1S/C19H26N4O3.C14H17FN4.ClH/c1-18(2,3)26-17(24)23-11-9-19(25,10-12-23)15-7-5-14(6-8-15)16-20-13-22(4)21-16;1-19-10-17-13(18-19)11-2-4-12(5-3-11)14(15)6-8-16-9-7-14;/h5-8,13,25H,9-12H2,1-4H3;2-5,10,16H,6-9H2,1H3;1H. The summed E-state index contributed by atoms with van der Waals surface area (Å²) >= 11 is 0. The van der Waals surface area contributed by atoms with E-state index in [2.05, 4.69) is 25.5 Å². The van der Waals surface area contributed by atoms with Crippen LogP contribution in [0.1, 0.15) is 57.6 Å². The van der Waals surface area contributed by atoms with E-state index in [0.29, 0.717) is 50.4 Å². The number of piperidine rings is 2. The Morgan fingerprint density at radius 1 is 0.826 bits per heavy atom. The van der Waals surface area contributed by atoms with Gasteiger partial charge < -0.3 is 20.1 Å². The van der Waals surface area contributed by atoms with Gasteiger partial charge in [-0.25, -0.2) is 19.2 Å². The summed E-state index contributed by atoms with van der Waals surface area (Å²) in [6.07, 6.45) is 5.02. The summed E-state index contributed by atoms with van der Waals surface area (Å²) in [7, 11) is 3.66. The van der Waals surface area contributed by atoms with Gasteiger partial charge >= 0.3 is 6.09 Å². The summed E-state index contributed by atoms with van der Waals surface area (Å²) in [5.74, 6) is 1.33. The highest BCUT2D eigenvalue weighted by molar-refractivity contribution is 5.85. The van der Waals surface area contributed by atoms with E-state index in [4.69, 9.17) is 4.74 Å². The summed E-state index contributed by atoms with van der Waals surface area (Å²) in [5, 5.41) is 22.7. The van der Waals surface area contributed by atoms with Gasteiger partial charge in [-0.1, -0.05) is 48.5 Å². The molecule has 6 rings (SSSR count). The predicted octanol–water partition coefficient (Wildman–Crippen LogP) is 5.15. The first-order chi connectivity index (χ1) is 21.3. The lowest BCUT2D eigenvalue weighted by molar-refractivity contribution is -0.0356. The number of hydrogen-bond acceptors (Lipinski definition) is 8. The second-order valence-corrected chi connectivity index (χ2v) is 12.9. The van der Waals surface area contributed by atoms with Crippen molar-refractivity contribution in [2.75, 3.05) is 26.2 Å². The fraction of sp³-hybridized carbons (Fsp3) is 0.485. The monoisotopic (exact) mass is 654 g/mol. The molecule has 13 heteroatoms. The number of rotatable bonds is 4. The highest BCUT2D eigenvalue weighted by atomic mass is 35.5. The Morgan fingerprint density at radius 2 is 1.28 bits per heavy atom. The molecule has 11 nitrogen and oxygen atoms in total. The molecule has 2 aromatic heterocycles. The topological polar surface area (TPSA) is 123 Å². The van der Waals surface area contributed by atoms with Gasteiger partial charge in [0.25, 0.3) is 0 Å². The fourth-order valence-corrected chi connectivity index (χ4v) is 5.58. The molecule has 2 aromatic carbocycles. The van der Waals surface area contributed by atoms with Crippen molar-refractivity contribution in [3.63, 3.8) is 0 Å². The molecule has 2 aliphatic heterocycles. The SMILES string of the molecule is Cl.Cn1cnc(-c2ccc(C3(F)CCNCC3)cc2)n1.Cn1cnc(-c2ccc(C3(O)CCN(C(=O)OC(C)(C)C)CC3)cc2)n1. The van der Waals surface area contributed by atoms with Gasteiger partial charge in [-0.15, -0.1) is 12.4 Å². The van der Waals surface area contributed by atoms with Crippen LogP contribution in [0.15, 0.2) is 61.2 Å². The normalized spacial score (nSPS) is 17.3. The number of carbonyl (C=O) groups excluding carboxylic acids is 1. The largest absolute Gasteiger partial charge is 0.444 e. The van der Waals surface area contributed by atoms with Crippen LogP contribution in [-0.4, -0.2) is 77.4 Å². The zero-order valence-corrected chi connectivity index (χ0v) is 27.9. The highest BCUT2D eigenvalue weighted by Crippen LogP contribution is 2.36. The number of nitrogens with one attached hydrogen (secondary N) is 1. The smallest absolute Gasteiger partial charge is 0.410 e. The molecule has 0 saturated carbocycles. The number of aliphatic hydroxyl groups is 1. The third kappa shape index (κ3) is 8.48. The molecule has 248 valence electrons. The minimum Gasteiger partial charge on any atom is -0.444 e. The fourth-order valence-electron chi connectivity index (χ4n) is 5.58. The first kappa shape index (κ1) is 35.0. The zero-order chi connectivity index (χ0) is 32.2. The molecule has 4 aromatic rings. The number of aromatic nitrogens is 6. The van der Waals surface area contributed by atoms with Gasteiger partial charge in [-0.3, -0.25) is 9.36 Å². The maximum Gasteiger partial charge on any atom is 0.410 e. The van der Waals surface area contributed by atoms with Crippen molar-refractivity contribution < 1.29 is 19.0 Å². The summed E-state index contributed by atoms with van der Waals surface area (Å²) < 4.78 is 23.5. The number of hydrogen-bond donors (Lipinski definition) is 2. The number of likely N-dealkylation sites (tertiary alicyclic amines) is 1. The lowest BCUT2D eigenvalue weighted by atomic mass is 9.84. The van der Waals surface area contributed by atoms with Crippen LogP contribution < -0.4 is 5.32 Å². The maximum atomic E-state index is 14.8. The Balaban J connectivity index is 0.000000213. The molecule has 2 aliphatic rings. The molecule has 0 bridgehead atoms. The number of alkyl halides is 1. The van der Waals surface area contributed by atoms with Crippen molar-refractivity contribution >= 4 is 18.5 Å². The Labute approximate surface area is 275 Å². The van der Waals surface area contributed by atoms with Gasteiger partial charge in [0.05, 0.1) is 5.60 Å². The van der Waals surface area contributed by atoms with Crippen LogP contribution in [0.25, 0.3) is 22.8 Å². The van der Waals surface area contributed by atoms with Gasteiger partial charge in [0, 0.05) is 38.3 Å². The number of benzene rings is 2. The van der Waals surface area contributed by atoms with E-state index in [0.717, 1.165) is 35.3 Å². The summed E-state index contributed by atoms with van der Waals surface area (Å²) in [6.45, 7) is 7.96. The van der Waals surface area contributed by atoms with Crippen molar-refractivity contribution in [1.82, 2.24) is 39.7 Å².